The standard InChI is InChI=1S/Br2H6Si3/c1-3-5-4-2/h3-5H2. The minimum Gasteiger partial charge on any atom is -0.140 e. The van der Waals surface area contributed by atoms with Gasteiger partial charge in [-0.25, -0.2) is 0 Å². The summed E-state index contributed by atoms with van der Waals surface area (Å²) < 4.78 is 0. The third kappa shape index (κ3) is 5.61. The smallest absolute Gasteiger partial charge is 0.0824 e. The minimum atomic E-state index is 0.380. The molecule has 32 valence electrons. The molecule has 5 heteroatoms. The molecule has 0 aliphatic rings. The largest absolute Gasteiger partial charge is 0.140 e. The molecule has 0 nitrogen and oxygen atoms in total. The van der Waals surface area contributed by atoms with Crippen LogP contribution in [0.15, 0.2) is 0 Å². The van der Waals surface area contributed by atoms with Crippen LogP contribution in [0, 0.1) is 0 Å². The van der Waals surface area contributed by atoms with Crippen LogP contribution in [0.1, 0.15) is 0 Å². The van der Waals surface area contributed by atoms with Crippen molar-refractivity contribution in [3.05, 3.63) is 0 Å². The summed E-state index contributed by atoms with van der Waals surface area (Å²) in [5.74, 6) is 0. The van der Waals surface area contributed by atoms with Crippen LogP contribution in [-0.4, -0.2) is 23.9 Å². The van der Waals surface area contributed by atoms with Gasteiger partial charge in [-0.2, -0.15) is 0 Å². The van der Waals surface area contributed by atoms with Gasteiger partial charge < -0.3 is 0 Å². The fourth-order valence-electron chi connectivity index (χ4n) is 0.0505. The molecule has 0 radical (unpaired) electrons. The molecule has 0 spiro atoms. The van der Waals surface area contributed by atoms with E-state index >= 15 is 0 Å². The Bertz CT molecular complexity index is 12.4. The van der Waals surface area contributed by atoms with Crippen LogP contribution in [0.5, 0.6) is 0 Å². The van der Waals surface area contributed by atoms with Crippen LogP contribution in [0.2, 0.25) is 0 Å². The van der Waals surface area contributed by atoms with E-state index in [1.54, 1.807) is 0 Å². The van der Waals surface area contributed by atoms with Gasteiger partial charge in [0.15, 0.2) is 0 Å². The van der Waals surface area contributed by atoms with Gasteiger partial charge in [-0.15, -0.1) is 30.6 Å². The van der Waals surface area contributed by atoms with E-state index in [9.17, 15) is 0 Å². The number of hydrogen-bond acceptors (Lipinski definition) is 0. The Morgan fingerprint density at radius 2 is 1.40 bits per heavy atom. The summed E-state index contributed by atoms with van der Waals surface area (Å²) in [5.41, 5.74) is 0. The second-order valence-corrected chi connectivity index (χ2v) is 27.2. The van der Waals surface area contributed by atoms with Gasteiger partial charge in [0.25, 0.3) is 0 Å². The molecule has 0 heterocycles. The number of halogens is 2. The summed E-state index contributed by atoms with van der Waals surface area (Å²) in [7, 11) is 1.30. The van der Waals surface area contributed by atoms with E-state index in [2.05, 4.69) is 30.6 Å². The zero-order chi connectivity index (χ0) is 4.12. The van der Waals surface area contributed by atoms with E-state index in [-0.39, 0.29) is 0 Å². The van der Waals surface area contributed by atoms with Gasteiger partial charge in [0.1, 0.15) is 0 Å². The van der Waals surface area contributed by atoms with E-state index in [1.807, 2.05) is 0 Å². The highest BCUT2D eigenvalue weighted by atomic mass is 79.9. The van der Waals surface area contributed by atoms with Gasteiger partial charge in [-0.1, -0.05) is 0 Å². The average Bonchev–Trinajstić information content (AvgIpc) is 1.41. The Morgan fingerprint density at radius 1 is 1.00 bits per heavy atom. The van der Waals surface area contributed by atoms with Crippen molar-refractivity contribution in [2.75, 3.05) is 0 Å². The lowest BCUT2D eigenvalue weighted by Crippen LogP contribution is -1.98. The van der Waals surface area contributed by atoms with E-state index in [0.29, 0.717) is 23.9 Å². The zero-order valence-corrected chi connectivity index (χ0v) is 10.3. The van der Waals surface area contributed by atoms with Crippen molar-refractivity contribution in [2.24, 2.45) is 0 Å². The number of hydrogen-bond donors (Lipinski definition) is 0. The first-order chi connectivity index (χ1) is 2.41. The Labute approximate surface area is 54.3 Å². The second-order valence-electron chi connectivity index (χ2n) is 0.732. The van der Waals surface area contributed by atoms with Gasteiger partial charge >= 0.3 is 0 Å². The summed E-state index contributed by atoms with van der Waals surface area (Å²) in [6.45, 7) is 0. The minimum absolute atomic E-state index is 0.380. The molecular weight excluding hydrogens is 244 g/mol. The fraction of sp³-hybridized carbons (Fsp3) is 0. The van der Waals surface area contributed by atoms with Crippen LogP contribution in [0.25, 0.3) is 0 Å². The molecule has 0 saturated carbocycles. The highest BCUT2D eigenvalue weighted by molar-refractivity contribution is 9.27. The highest BCUT2D eigenvalue weighted by Gasteiger charge is 1.76. The summed E-state index contributed by atoms with van der Waals surface area (Å²) in [4.78, 5) is 0. The zero-order valence-electron chi connectivity index (χ0n) is 2.88. The van der Waals surface area contributed by atoms with Crippen molar-refractivity contribution in [1.29, 1.82) is 0 Å². The van der Waals surface area contributed by atoms with Gasteiger partial charge in [0, 0.05) is 8.55 Å². The van der Waals surface area contributed by atoms with Crippen LogP contribution in [-0.2, 0) is 0 Å². The maximum Gasteiger partial charge on any atom is 0.0824 e. The van der Waals surface area contributed by atoms with E-state index < -0.39 is 0 Å². The van der Waals surface area contributed by atoms with Gasteiger partial charge in [0.2, 0.25) is 0 Å². The van der Waals surface area contributed by atoms with Crippen LogP contribution in [0.4, 0.5) is 0 Å². The van der Waals surface area contributed by atoms with E-state index in [4.69, 9.17) is 0 Å². The Balaban J connectivity index is 2.19. The molecule has 5 heavy (non-hydrogen) atoms. The molecule has 0 aromatic carbocycles. The van der Waals surface area contributed by atoms with Crippen molar-refractivity contribution in [2.45, 2.75) is 0 Å². The lowest BCUT2D eigenvalue weighted by molar-refractivity contribution is 4.23. The van der Waals surface area contributed by atoms with Crippen molar-refractivity contribution < 1.29 is 0 Å². The lowest BCUT2D eigenvalue weighted by atomic mass is 26.7. The molecule has 0 amide bonds. The first-order valence-electron chi connectivity index (χ1n) is 1.53. The molecular formula is H6Br2Si3. The first-order valence-corrected chi connectivity index (χ1v) is 17.3. The predicted molar refractivity (Wildman–Crippen MR) is 43.5 cm³/mol. The predicted octanol–water partition coefficient (Wildman–Crippen LogP) is -1.06. The van der Waals surface area contributed by atoms with E-state index in [0.717, 1.165) is 0 Å². The SMILES string of the molecule is Br[SiH2][SiH2][SiH2]Br. The molecule has 0 aromatic heterocycles. The maximum absolute atomic E-state index is 3.51. The monoisotopic (exact) mass is 248 g/mol. The molecule has 0 rings (SSSR count). The Hall–Kier alpha value is 1.61. The average molecular weight is 250 g/mol. The molecule has 0 atom stereocenters. The highest BCUT2D eigenvalue weighted by Crippen LogP contribution is 1.72. The number of rotatable bonds is 2. The summed E-state index contributed by atoms with van der Waals surface area (Å²) >= 11 is 7.03. The van der Waals surface area contributed by atoms with Gasteiger partial charge in [-0.3, -0.25) is 0 Å². The second kappa shape index (κ2) is 5.61. The molecule has 0 aromatic rings. The van der Waals surface area contributed by atoms with Crippen molar-refractivity contribution in [3.8, 4) is 0 Å². The maximum atomic E-state index is 3.51. The third-order valence-electron chi connectivity index (χ3n) is 0.267. The van der Waals surface area contributed by atoms with Crippen molar-refractivity contribution >= 4 is 54.5 Å². The topological polar surface area (TPSA) is 0 Å². The third-order valence-corrected chi connectivity index (χ3v) is 37.5. The molecule has 0 unspecified atom stereocenters. The Kier molecular flexibility index (Phi) is 7.42. The quantitative estimate of drug-likeness (QED) is 0.433. The lowest BCUT2D eigenvalue weighted by Gasteiger charge is -1.71. The molecule has 0 aliphatic heterocycles. The van der Waals surface area contributed by atoms with Crippen molar-refractivity contribution in [3.63, 3.8) is 0 Å². The van der Waals surface area contributed by atoms with Crippen molar-refractivity contribution in [1.82, 2.24) is 0 Å². The van der Waals surface area contributed by atoms with Crippen LogP contribution >= 0.6 is 30.6 Å². The van der Waals surface area contributed by atoms with Crippen LogP contribution in [0.3, 0.4) is 0 Å². The molecule has 0 bridgehead atoms. The molecule has 0 aliphatic carbocycles. The summed E-state index contributed by atoms with van der Waals surface area (Å²) in [6, 6.07) is 0. The van der Waals surface area contributed by atoms with E-state index in [1.165, 1.54) is 0 Å². The fourth-order valence-corrected chi connectivity index (χ4v) is 36.8. The normalized spacial score (nSPS) is 15.6. The summed E-state index contributed by atoms with van der Waals surface area (Å²) in [5, 5.41) is 0. The summed E-state index contributed by atoms with van der Waals surface area (Å²) in [6.07, 6.45) is 0. The molecule has 0 N–H and O–H groups in total. The Morgan fingerprint density at radius 3 is 1.40 bits per heavy atom. The van der Waals surface area contributed by atoms with Crippen LogP contribution < -0.4 is 0 Å². The first kappa shape index (κ1) is 6.61. The molecule has 0 fully saturated rings. The van der Waals surface area contributed by atoms with Gasteiger partial charge in [-0.05, 0) is 0 Å². The molecule has 0 saturated heterocycles. The van der Waals surface area contributed by atoms with Gasteiger partial charge in [0.05, 0.1) is 15.3 Å².